The van der Waals surface area contributed by atoms with Crippen LogP contribution in [0.1, 0.15) is 23.8 Å². The molecule has 5 nitrogen and oxygen atoms in total. The third kappa shape index (κ3) is 3.48. The van der Waals surface area contributed by atoms with Crippen LogP contribution in [0.3, 0.4) is 0 Å². The van der Waals surface area contributed by atoms with Crippen LogP contribution >= 0.6 is 11.6 Å². The molecule has 2 heterocycles. The van der Waals surface area contributed by atoms with Gasteiger partial charge in [-0.05, 0) is 5.56 Å². The fourth-order valence-corrected chi connectivity index (χ4v) is 2.91. The molecule has 1 aromatic carbocycles. The molecule has 0 spiro atoms. The smallest absolute Gasteiger partial charge is 0.223 e. The van der Waals surface area contributed by atoms with Gasteiger partial charge in [0.15, 0.2) is 5.15 Å². The van der Waals surface area contributed by atoms with Crippen molar-refractivity contribution in [2.45, 2.75) is 18.9 Å². The molecule has 1 aliphatic heterocycles. The van der Waals surface area contributed by atoms with Gasteiger partial charge in [0.25, 0.3) is 0 Å². The van der Waals surface area contributed by atoms with Gasteiger partial charge in [0.1, 0.15) is 5.76 Å². The van der Waals surface area contributed by atoms with Gasteiger partial charge in [0.05, 0.1) is 6.04 Å². The van der Waals surface area contributed by atoms with Crippen LogP contribution in [0.5, 0.6) is 0 Å². The molecule has 116 valence electrons. The second-order valence-corrected chi connectivity index (χ2v) is 5.72. The number of carbonyl (C=O) groups is 1. The van der Waals surface area contributed by atoms with Gasteiger partial charge in [-0.2, -0.15) is 0 Å². The zero-order valence-corrected chi connectivity index (χ0v) is 12.9. The Kier molecular flexibility index (Phi) is 4.75. The maximum absolute atomic E-state index is 12.6. The molecule has 1 N–H and O–H groups in total. The molecule has 1 aromatic heterocycles. The number of aromatic nitrogens is 1. The summed E-state index contributed by atoms with van der Waals surface area (Å²) in [6.45, 7) is 2.32. The van der Waals surface area contributed by atoms with Crippen LogP contribution in [0.25, 0.3) is 0 Å². The Bertz CT molecular complexity index is 629. The first-order valence-corrected chi connectivity index (χ1v) is 7.78. The second-order valence-electron chi connectivity index (χ2n) is 5.33. The first-order chi connectivity index (χ1) is 10.7. The van der Waals surface area contributed by atoms with E-state index in [1.54, 1.807) is 6.07 Å². The van der Waals surface area contributed by atoms with E-state index in [9.17, 15) is 4.79 Å². The lowest BCUT2D eigenvalue weighted by Gasteiger charge is -2.36. The molecular formula is C16H18ClN3O2. The van der Waals surface area contributed by atoms with E-state index in [0.29, 0.717) is 23.8 Å². The minimum atomic E-state index is 0.0840. The predicted octanol–water partition coefficient (Wildman–Crippen LogP) is 2.43. The van der Waals surface area contributed by atoms with Gasteiger partial charge in [-0.3, -0.25) is 4.79 Å². The number of amides is 1. The fraction of sp³-hybridized carbons (Fsp3) is 0.375. The highest BCUT2D eigenvalue weighted by Crippen LogP contribution is 2.23. The topological polar surface area (TPSA) is 58.4 Å². The molecule has 1 amide bonds. The molecule has 0 aliphatic carbocycles. The molecule has 0 radical (unpaired) electrons. The van der Waals surface area contributed by atoms with Crippen molar-refractivity contribution in [3.8, 4) is 0 Å². The van der Waals surface area contributed by atoms with Crippen LogP contribution in [0.4, 0.5) is 0 Å². The minimum Gasteiger partial charge on any atom is -0.360 e. The van der Waals surface area contributed by atoms with E-state index in [0.717, 1.165) is 25.2 Å². The third-order valence-corrected chi connectivity index (χ3v) is 4.04. The summed E-state index contributed by atoms with van der Waals surface area (Å²) in [6, 6.07) is 11.9. The SMILES string of the molecule is O=C(CCc1cc(Cl)no1)N1CCNC[C@H]1c1ccccc1. The number of halogens is 1. The summed E-state index contributed by atoms with van der Waals surface area (Å²) < 4.78 is 5.05. The van der Waals surface area contributed by atoms with E-state index in [-0.39, 0.29) is 11.9 Å². The molecule has 0 bridgehead atoms. The summed E-state index contributed by atoms with van der Waals surface area (Å²) >= 11 is 5.72. The monoisotopic (exact) mass is 319 g/mol. The number of carbonyl (C=O) groups excluding carboxylic acids is 1. The van der Waals surface area contributed by atoms with Gasteiger partial charge in [0.2, 0.25) is 5.91 Å². The number of piperazine rings is 1. The summed E-state index contributed by atoms with van der Waals surface area (Å²) in [5.74, 6) is 0.771. The predicted molar refractivity (Wildman–Crippen MR) is 83.6 cm³/mol. The Balaban J connectivity index is 1.66. The van der Waals surface area contributed by atoms with Crippen molar-refractivity contribution in [2.75, 3.05) is 19.6 Å². The highest BCUT2D eigenvalue weighted by atomic mass is 35.5. The van der Waals surface area contributed by atoms with Crippen molar-refractivity contribution in [1.29, 1.82) is 0 Å². The zero-order chi connectivity index (χ0) is 15.4. The molecule has 1 aliphatic rings. The number of hydrogen-bond donors (Lipinski definition) is 1. The number of aryl methyl sites for hydroxylation is 1. The average Bonchev–Trinajstić information content (AvgIpc) is 2.99. The minimum absolute atomic E-state index is 0.0840. The highest BCUT2D eigenvalue weighted by molar-refractivity contribution is 6.29. The van der Waals surface area contributed by atoms with Crippen LogP contribution in [-0.4, -0.2) is 35.6 Å². The van der Waals surface area contributed by atoms with Gasteiger partial charge >= 0.3 is 0 Å². The van der Waals surface area contributed by atoms with Gasteiger partial charge in [-0.15, -0.1) is 0 Å². The molecule has 6 heteroatoms. The van der Waals surface area contributed by atoms with Gasteiger partial charge in [-0.25, -0.2) is 0 Å². The maximum atomic E-state index is 12.6. The van der Waals surface area contributed by atoms with Crippen molar-refractivity contribution in [3.05, 3.63) is 52.9 Å². The van der Waals surface area contributed by atoms with Crippen molar-refractivity contribution >= 4 is 17.5 Å². The molecule has 1 fully saturated rings. The van der Waals surface area contributed by atoms with E-state index in [4.69, 9.17) is 16.1 Å². The molecular weight excluding hydrogens is 302 g/mol. The largest absolute Gasteiger partial charge is 0.360 e. The molecule has 22 heavy (non-hydrogen) atoms. The Morgan fingerprint density at radius 3 is 2.95 bits per heavy atom. The van der Waals surface area contributed by atoms with Crippen molar-refractivity contribution in [3.63, 3.8) is 0 Å². The number of nitrogens with zero attached hydrogens (tertiary/aromatic N) is 2. The maximum Gasteiger partial charge on any atom is 0.223 e. The molecule has 1 atom stereocenters. The number of hydrogen-bond acceptors (Lipinski definition) is 4. The van der Waals surface area contributed by atoms with Crippen LogP contribution in [-0.2, 0) is 11.2 Å². The molecule has 3 rings (SSSR count). The van der Waals surface area contributed by atoms with Crippen LogP contribution < -0.4 is 5.32 Å². The molecule has 1 saturated heterocycles. The Morgan fingerprint density at radius 2 is 2.23 bits per heavy atom. The lowest BCUT2D eigenvalue weighted by molar-refractivity contribution is -0.134. The number of nitrogens with one attached hydrogen (secondary N) is 1. The highest BCUT2D eigenvalue weighted by Gasteiger charge is 2.27. The number of benzene rings is 1. The normalized spacial score (nSPS) is 18.4. The van der Waals surface area contributed by atoms with Gasteiger partial charge < -0.3 is 14.7 Å². The summed E-state index contributed by atoms with van der Waals surface area (Å²) in [5.41, 5.74) is 1.16. The van der Waals surface area contributed by atoms with Crippen molar-refractivity contribution < 1.29 is 9.32 Å². The zero-order valence-electron chi connectivity index (χ0n) is 12.2. The lowest BCUT2D eigenvalue weighted by Crippen LogP contribution is -2.48. The van der Waals surface area contributed by atoms with E-state index in [1.165, 1.54) is 0 Å². The summed E-state index contributed by atoms with van der Waals surface area (Å²) in [6.07, 6.45) is 0.916. The second kappa shape index (κ2) is 6.94. The third-order valence-electron chi connectivity index (χ3n) is 3.86. The van der Waals surface area contributed by atoms with Gasteiger partial charge in [-0.1, -0.05) is 47.1 Å². The molecule has 0 saturated carbocycles. The number of rotatable bonds is 4. The fourth-order valence-electron chi connectivity index (χ4n) is 2.76. The standard InChI is InChI=1S/C16H18ClN3O2/c17-15-10-13(22-19-15)6-7-16(21)20-9-8-18-11-14(20)12-4-2-1-3-5-12/h1-5,10,14,18H,6-9,11H2/t14-/m0/s1. The quantitative estimate of drug-likeness (QED) is 0.940. The van der Waals surface area contributed by atoms with E-state index in [2.05, 4.69) is 22.6 Å². The van der Waals surface area contributed by atoms with Crippen LogP contribution in [0.15, 0.2) is 40.9 Å². The van der Waals surface area contributed by atoms with E-state index < -0.39 is 0 Å². The summed E-state index contributed by atoms with van der Waals surface area (Å²) in [7, 11) is 0. The van der Waals surface area contributed by atoms with E-state index in [1.807, 2.05) is 23.1 Å². The summed E-state index contributed by atoms with van der Waals surface area (Å²) in [4.78, 5) is 14.5. The van der Waals surface area contributed by atoms with Crippen LogP contribution in [0, 0.1) is 0 Å². The molecule has 2 aromatic rings. The lowest BCUT2D eigenvalue weighted by atomic mass is 10.0. The van der Waals surface area contributed by atoms with Crippen molar-refractivity contribution in [1.82, 2.24) is 15.4 Å². The molecule has 0 unspecified atom stereocenters. The summed E-state index contributed by atoms with van der Waals surface area (Å²) in [5, 5.41) is 7.31. The van der Waals surface area contributed by atoms with Gasteiger partial charge in [0, 0.05) is 38.5 Å². The van der Waals surface area contributed by atoms with Crippen LogP contribution in [0.2, 0.25) is 5.15 Å². The Hall–Kier alpha value is -1.85. The Labute approximate surface area is 134 Å². The Morgan fingerprint density at radius 1 is 1.41 bits per heavy atom. The van der Waals surface area contributed by atoms with E-state index >= 15 is 0 Å². The first-order valence-electron chi connectivity index (χ1n) is 7.40. The first kappa shape index (κ1) is 15.1. The average molecular weight is 320 g/mol. The van der Waals surface area contributed by atoms with Crippen molar-refractivity contribution in [2.24, 2.45) is 0 Å².